The average Bonchev–Trinajstić information content (AvgIpc) is 2.77. The van der Waals surface area contributed by atoms with E-state index in [2.05, 4.69) is 45.2 Å². The minimum absolute atomic E-state index is 0.657. The van der Waals surface area contributed by atoms with E-state index in [0.717, 1.165) is 29.1 Å². The normalized spacial score (nSPS) is 20.5. The lowest BCUT2D eigenvalue weighted by Gasteiger charge is -2.25. The van der Waals surface area contributed by atoms with Crippen molar-refractivity contribution in [1.82, 2.24) is 10.2 Å². The van der Waals surface area contributed by atoms with E-state index in [1.165, 1.54) is 24.9 Å². The van der Waals surface area contributed by atoms with Crippen molar-refractivity contribution in [3.05, 3.63) is 33.3 Å². The van der Waals surface area contributed by atoms with Crippen molar-refractivity contribution >= 4 is 27.5 Å². The van der Waals surface area contributed by atoms with Crippen LogP contribution in [0, 0.1) is 0 Å². The summed E-state index contributed by atoms with van der Waals surface area (Å²) in [7, 11) is 0. The zero-order valence-corrected chi connectivity index (χ0v) is 13.1. The van der Waals surface area contributed by atoms with Gasteiger partial charge < -0.3 is 5.32 Å². The van der Waals surface area contributed by atoms with Crippen LogP contribution in [0.25, 0.3) is 0 Å². The molecule has 0 aromatic heterocycles. The molecule has 18 heavy (non-hydrogen) atoms. The Morgan fingerprint density at radius 3 is 3.06 bits per heavy atom. The minimum atomic E-state index is 0.657. The van der Waals surface area contributed by atoms with E-state index in [-0.39, 0.29) is 0 Å². The molecule has 1 atom stereocenters. The zero-order chi connectivity index (χ0) is 13.0. The number of likely N-dealkylation sites (N-methyl/N-ethyl adjacent to an activating group) is 1. The van der Waals surface area contributed by atoms with Gasteiger partial charge in [0.2, 0.25) is 0 Å². The summed E-state index contributed by atoms with van der Waals surface area (Å²) in [4.78, 5) is 2.54. The van der Waals surface area contributed by atoms with Crippen LogP contribution < -0.4 is 5.32 Å². The highest BCUT2D eigenvalue weighted by Crippen LogP contribution is 2.26. The third kappa shape index (κ3) is 3.70. The highest BCUT2D eigenvalue weighted by molar-refractivity contribution is 9.10. The molecule has 1 heterocycles. The van der Waals surface area contributed by atoms with Crippen molar-refractivity contribution in [3.63, 3.8) is 0 Å². The number of halogens is 2. The van der Waals surface area contributed by atoms with Gasteiger partial charge in [-0.05, 0) is 43.6 Å². The molecule has 100 valence electrons. The summed E-state index contributed by atoms with van der Waals surface area (Å²) in [6, 6.07) is 6.82. The molecule has 1 N–H and O–H groups in total. The molecule has 1 unspecified atom stereocenters. The summed E-state index contributed by atoms with van der Waals surface area (Å²) >= 11 is 9.73. The lowest BCUT2D eigenvalue weighted by Crippen LogP contribution is -2.37. The lowest BCUT2D eigenvalue weighted by atomic mass is 10.2. The van der Waals surface area contributed by atoms with Crippen LogP contribution in [-0.2, 0) is 6.54 Å². The van der Waals surface area contributed by atoms with Crippen LogP contribution in [0.4, 0.5) is 0 Å². The number of hydrogen-bond donors (Lipinski definition) is 1. The maximum atomic E-state index is 6.29. The van der Waals surface area contributed by atoms with Gasteiger partial charge in [0.1, 0.15) is 0 Å². The second-order valence-corrected chi connectivity index (χ2v) is 6.13. The molecule has 1 aliphatic rings. The first-order valence-electron chi connectivity index (χ1n) is 6.59. The first-order chi connectivity index (χ1) is 8.70. The van der Waals surface area contributed by atoms with Gasteiger partial charge in [-0.1, -0.05) is 40.5 Å². The Morgan fingerprint density at radius 1 is 1.50 bits per heavy atom. The van der Waals surface area contributed by atoms with Crippen molar-refractivity contribution in [1.29, 1.82) is 0 Å². The number of nitrogens with one attached hydrogen (secondary N) is 1. The van der Waals surface area contributed by atoms with Gasteiger partial charge in [0.15, 0.2) is 0 Å². The molecule has 1 aromatic rings. The largest absolute Gasteiger partial charge is 0.315 e. The molecule has 0 radical (unpaired) electrons. The zero-order valence-electron chi connectivity index (χ0n) is 10.8. The molecule has 0 aliphatic carbocycles. The lowest BCUT2D eigenvalue weighted by molar-refractivity contribution is 0.240. The summed E-state index contributed by atoms with van der Waals surface area (Å²) in [5, 5.41) is 4.31. The molecule has 2 rings (SSSR count). The van der Waals surface area contributed by atoms with E-state index in [4.69, 9.17) is 11.6 Å². The molecule has 4 heteroatoms. The van der Waals surface area contributed by atoms with Crippen molar-refractivity contribution < 1.29 is 0 Å². The van der Waals surface area contributed by atoms with Gasteiger partial charge in [-0.2, -0.15) is 0 Å². The Balaban J connectivity index is 1.99. The van der Waals surface area contributed by atoms with Crippen LogP contribution in [0.2, 0.25) is 5.02 Å². The van der Waals surface area contributed by atoms with Crippen molar-refractivity contribution in [2.75, 3.05) is 19.6 Å². The fourth-order valence-electron chi connectivity index (χ4n) is 2.51. The Hall–Kier alpha value is -0.0900. The van der Waals surface area contributed by atoms with Gasteiger partial charge in [0.05, 0.1) is 0 Å². The molecule has 1 fully saturated rings. The van der Waals surface area contributed by atoms with Gasteiger partial charge in [-0.25, -0.2) is 0 Å². The first-order valence-corrected chi connectivity index (χ1v) is 7.76. The molecule has 1 saturated heterocycles. The molecule has 1 aliphatic heterocycles. The van der Waals surface area contributed by atoms with E-state index in [0.29, 0.717) is 6.04 Å². The fraction of sp³-hybridized carbons (Fsp3) is 0.571. The number of nitrogens with zero attached hydrogens (tertiary/aromatic N) is 1. The second-order valence-electron chi connectivity index (χ2n) is 4.81. The Morgan fingerprint density at radius 2 is 2.33 bits per heavy atom. The van der Waals surface area contributed by atoms with Gasteiger partial charge in [-0.3, -0.25) is 4.90 Å². The predicted octanol–water partition coefficient (Wildman–Crippen LogP) is 3.68. The van der Waals surface area contributed by atoms with Crippen LogP contribution in [0.3, 0.4) is 0 Å². The summed E-state index contributed by atoms with van der Waals surface area (Å²) < 4.78 is 1.04. The number of likely N-dealkylation sites (tertiary alicyclic amines) is 1. The van der Waals surface area contributed by atoms with Gasteiger partial charge in [-0.15, -0.1) is 0 Å². The SMILES string of the molecule is CCNCC1CCCN1Cc1ccc(Br)cc1Cl. The molecular weight excluding hydrogens is 312 g/mol. The first kappa shape index (κ1) is 14.3. The fourth-order valence-corrected chi connectivity index (χ4v) is 3.25. The number of hydrogen-bond acceptors (Lipinski definition) is 2. The summed E-state index contributed by atoms with van der Waals surface area (Å²) in [5.74, 6) is 0. The molecule has 1 aromatic carbocycles. The van der Waals surface area contributed by atoms with Crippen LogP contribution in [0.1, 0.15) is 25.3 Å². The minimum Gasteiger partial charge on any atom is -0.315 e. The maximum Gasteiger partial charge on any atom is 0.0462 e. The molecule has 2 nitrogen and oxygen atoms in total. The third-order valence-corrected chi connectivity index (χ3v) is 4.36. The molecular formula is C14H20BrClN2. The van der Waals surface area contributed by atoms with Gasteiger partial charge in [0, 0.05) is 28.6 Å². The predicted molar refractivity (Wildman–Crippen MR) is 81.1 cm³/mol. The summed E-state index contributed by atoms with van der Waals surface area (Å²) in [6.45, 7) is 6.43. The topological polar surface area (TPSA) is 15.3 Å². The van der Waals surface area contributed by atoms with E-state index in [1.54, 1.807) is 0 Å². The van der Waals surface area contributed by atoms with E-state index < -0.39 is 0 Å². The second kappa shape index (κ2) is 6.90. The van der Waals surface area contributed by atoms with Crippen molar-refractivity contribution in [2.24, 2.45) is 0 Å². The van der Waals surface area contributed by atoms with Crippen LogP contribution in [-0.4, -0.2) is 30.6 Å². The van der Waals surface area contributed by atoms with Crippen molar-refractivity contribution in [3.8, 4) is 0 Å². The molecule has 0 amide bonds. The van der Waals surface area contributed by atoms with Crippen LogP contribution in [0.5, 0.6) is 0 Å². The smallest absolute Gasteiger partial charge is 0.0462 e. The maximum absolute atomic E-state index is 6.29. The summed E-state index contributed by atoms with van der Waals surface area (Å²) in [5.41, 5.74) is 1.23. The molecule has 0 bridgehead atoms. The van der Waals surface area contributed by atoms with Crippen molar-refractivity contribution in [2.45, 2.75) is 32.4 Å². The standard InChI is InChI=1S/C14H20BrClN2/c1-2-17-9-13-4-3-7-18(13)10-11-5-6-12(15)8-14(11)16/h5-6,8,13,17H,2-4,7,9-10H2,1H3. The number of rotatable bonds is 5. The Bertz CT molecular complexity index is 397. The monoisotopic (exact) mass is 330 g/mol. The highest BCUT2D eigenvalue weighted by atomic mass is 79.9. The van der Waals surface area contributed by atoms with E-state index >= 15 is 0 Å². The summed E-state index contributed by atoms with van der Waals surface area (Å²) in [6.07, 6.45) is 2.59. The molecule has 0 saturated carbocycles. The molecule has 0 spiro atoms. The van der Waals surface area contributed by atoms with Crippen LogP contribution >= 0.6 is 27.5 Å². The Labute approximate surface area is 123 Å². The van der Waals surface area contributed by atoms with Gasteiger partial charge >= 0.3 is 0 Å². The average molecular weight is 332 g/mol. The Kier molecular flexibility index (Phi) is 5.49. The van der Waals surface area contributed by atoms with E-state index in [9.17, 15) is 0 Å². The van der Waals surface area contributed by atoms with Crippen LogP contribution in [0.15, 0.2) is 22.7 Å². The highest BCUT2D eigenvalue weighted by Gasteiger charge is 2.24. The number of benzene rings is 1. The van der Waals surface area contributed by atoms with E-state index in [1.807, 2.05) is 6.07 Å². The van der Waals surface area contributed by atoms with Gasteiger partial charge in [0.25, 0.3) is 0 Å². The third-order valence-electron chi connectivity index (χ3n) is 3.52. The quantitative estimate of drug-likeness (QED) is 0.885.